The molecule has 1 saturated heterocycles. The minimum Gasteiger partial charge on any atom is -0.355 e. The number of piperidine rings is 1. The maximum atomic E-state index is 13.4. The van der Waals surface area contributed by atoms with Crippen molar-refractivity contribution < 1.29 is 13.6 Å². The van der Waals surface area contributed by atoms with E-state index in [0.717, 1.165) is 38.1 Å². The zero-order valence-electron chi connectivity index (χ0n) is 10.7. The van der Waals surface area contributed by atoms with Gasteiger partial charge < -0.3 is 10.6 Å². The molecule has 0 aliphatic carbocycles. The quantitative estimate of drug-likeness (QED) is 0.871. The van der Waals surface area contributed by atoms with E-state index in [9.17, 15) is 13.6 Å². The molecule has 5 heteroatoms. The number of nitrogens with one attached hydrogen (secondary N) is 2. The summed E-state index contributed by atoms with van der Waals surface area (Å²) in [5.41, 5.74) is 0.223. The highest BCUT2D eigenvalue weighted by molar-refractivity contribution is 5.78. The van der Waals surface area contributed by atoms with E-state index in [2.05, 4.69) is 10.6 Å². The van der Waals surface area contributed by atoms with Crippen molar-refractivity contribution in [1.82, 2.24) is 10.6 Å². The Balaban J connectivity index is 1.80. The van der Waals surface area contributed by atoms with Gasteiger partial charge in [-0.1, -0.05) is 6.07 Å². The van der Waals surface area contributed by atoms with Crippen molar-refractivity contribution in [1.29, 1.82) is 0 Å². The first kappa shape index (κ1) is 13.9. The summed E-state index contributed by atoms with van der Waals surface area (Å²) < 4.78 is 26.1. The third-order valence-corrected chi connectivity index (χ3v) is 3.35. The van der Waals surface area contributed by atoms with Crippen LogP contribution in [0.15, 0.2) is 18.2 Å². The van der Waals surface area contributed by atoms with Gasteiger partial charge in [-0.3, -0.25) is 4.79 Å². The van der Waals surface area contributed by atoms with Crippen molar-refractivity contribution in [2.75, 3.05) is 19.6 Å². The molecule has 0 spiro atoms. The van der Waals surface area contributed by atoms with Crippen molar-refractivity contribution in [2.45, 2.75) is 19.3 Å². The molecule has 1 atom stereocenters. The van der Waals surface area contributed by atoms with Crippen LogP contribution in [0.3, 0.4) is 0 Å². The van der Waals surface area contributed by atoms with Crippen molar-refractivity contribution in [2.24, 2.45) is 5.92 Å². The van der Waals surface area contributed by atoms with E-state index in [4.69, 9.17) is 0 Å². The van der Waals surface area contributed by atoms with E-state index in [1.54, 1.807) is 0 Å². The SMILES string of the molecule is O=C(Cc1ccc(F)cc1F)NCC1CCCNC1. The summed E-state index contributed by atoms with van der Waals surface area (Å²) in [6.45, 7) is 2.55. The summed E-state index contributed by atoms with van der Waals surface area (Å²) in [7, 11) is 0. The molecule has 19 heavy (non-hydrogen) atoms. The lowest BCUT2D eigenvalue weighted by molar-refractivity contribution is -0.120. The molecular formula is C14H18F2N2O. The van der Waals surface area contributed by atoms with Gasteiger partial charge in [-0.05, 0) is 43.5 Å². The third-order valence-electron chi connectivity index (χ3n) is 3.35. The fourth-order valence-electron chi connectivity index (χ4n) is 2.26. The van der Waals surface area contributed by atoms with E-state index in [1.165, 1.54) is 6.07 Å². The Morgan fingerprint density at radius 3 is 2.95 bits per heavy atom. The number of carbonyl (C=O) groups excluding carboxylic acids is 1. The molecule has 0 radical (unpaired) electrons. The normalized spacial score (nSPS) is 19.2. The molecule has 1 heterocycles. The Bertz CT molecular complexity index is 445. The summed E-state index contributed by atoms with van der Waals surface area (Å²) in [6.07, 6.45) is 2.16. The van der Waals surface area contributed by atoms with Crippen LogP contribution in [-0.4, -0.2) is 25.5 Å². The molecule has 3 nitrogen and oxygen atoms in total. The van der Waals surface area contributed by atoms with E-state index in [0.29, 0.717) is 12.5 Å². The number of halogens is 2. The van der Waals surface area contributed by atoms with Gasteiger partial charge in [-0.2, -0.15) is 0 Å². The van der Waals surface area contributed by atoms with E-state index in [1.807, 2.05) is 0 Å². The fraction of sp³-hybridized carbons (Fsp3) is 0.500. The van der Waals surface area contributed by atoms with Gasteiger partial charge in [0.05, 0.1) is 6.42 Å². The predicted octanol–water partition coefficient (Wildman–Crippen LogP) is 1.62. The lowest BCUT2D eigenvalue weighted by Crippen LogP contribution is -2.38. The van der Waals surface area contributed by atoms with Crippen LogP contribution in [0, 0.1) is 17.6 Å². The Morgan fingerprint density at radius 2 is 2.26 bits per heavy atom. The molecule has 1 fully saturated rings. The van der Waals surface area contributed by atoms with E-state index in [-0.39, 0.29) is 17.9 Å². The lowest BCUT2D eigenvalue weighted by atomic mass is 9.99. The Hall–Kier alpha value is -1.49. The van der Waals surface area contributed by atoms with Gasteiger partial charge in [0.25, 0.3) is 0 Å². The molecule has 1 aromatic rings. The second kappa shape index (κ2) is 6.61. The fourth-order valence-corrected chi connectivity index (χ4v) is 2.26. The summed E-state index contributed by atoms with van der Waals surface area (Å²) in [5, 5.41) is 6.07. The highest BCUT2D eigenvalue weighted by Gasteiger charge is 2.14. The van der Waals surface area contributed by atoms with Gasteiger partial charge in [-0.25, -0.2) is 8.78 Å². The summed E-state index contributed by atoms with van der Waals surface area (Å²) in [6, 6.07) is 3.27. The molecule has 1 aromatic carbocycles. The monoisotopic (exact) mass is 268 g/mol. The standard InChI is InChI=1S/C14H18F2N2O/c15-12-4-3-11(13(16)7-12)6-14(19)18-9-10-2-1-5-17-8-10/h3-4,7,10,17H,1-2,5-6,8-9H2,(H,18,19). The number of rotatable bonds is 4. The van der Waals surface area contributed by atoms with E-state index < -0.39 is 11.6 Å². The van der Waals surface area contributed by atoms with Crippen LogP contribution in [0.1, 0.15) is 18.4 Å². The van der Waals surface area contributed by atoms with Gasteiger partial charge in [0, 0.05) is 12.6 Å². The number of benzene rings is 1. The first-order valence-electron chi connectivity index (χ1n) is 6.56. The third kappa shape index (κ3) is 4.28. The first-order valence-corrected chi connectivity index (χ1v) is 6.56. The molecule has 2 N–H and O–H groups in total. The van der Waals surface area contributed by atoms with Crippen molar-refractivity contribution in [3.63, 3.8) is 0 Å². The van der Waals surface area contributed by atoms with Crippen LogP contribution in [0.2, 0.25) is 0 Å². The molecule has 0 bridgehead atoms. The second-order valence-electron chi connectivity index (χ2n) is 4.93. The molecule has 2 rings (SSSR count). The van der Waals surface area contributed by atoms with Crippen LogP contribution in [0.25, 0.3) is 0 Å². The molecule has 1 aliphatic rings. The van der Waals surface area contributed by atoms with Crippen LogP contribution < -0.4 is 10.6 Å². The van der Waals surface area contributed by atoms with Crippen molar-refractivity contribution in [3.8, 4) is 0 Å². The maximum absolute atomic E-state index is 13.4. The van der Waals surface area contributed by atoms with Crippen LogP contribution in [0.4, 0.5) is 8.78 Å². The van der Waals surface area contributed by atoms with Gasteiger partial charge in [0.15, 0.2) is 0 Å². The minimum atomic E-state index is -0.672. The number of amides is 1. The molecule has 1 unspecified atom stereocenters. The number of carbonyl (C=O) groups is 1. The number of hydrogen-bond donors (Lipinski definition) is 2. The summed E-state index contributed by atoms with van der Waals surface area (Å²) >= 11 is 0. The molecule has 0 aromatic heterocycles. The first-order chi connectivity index (χ1) is 9.15. The maximum Gasteiger partial charge on any atom is 0.224 e. The average molecular weight is 268 g/mol. The molecule has 0 saturated carbocycles. The summed E-state index contributed by atoms with van der Waals surface area (Å²) in [5.74, 6) is -1.09. The smallest absolute Gasteiger partial charge is 0.224 e. The topological polar surface area (TPSA) is 41.1 Å². The zero-order valence-corrected chi connectivity index (χ0v) is 10.7. The average Bonchev–Trinajstić information content (AvgIpc) is 2.41. The predicted molar refractivity (Wildman–Crippen MR) is 68.7 cm³/mol. The van der Waals surface area contributed by atoms with Gasteiger partial charge >= 0.3 is 0 Å². The molecule has 1 amide bonds. The Kier molecular flexibility index (Phi) is 4.85. The highest BCUT2D eigenvalue weighted by atomic mass is 19.1. The lowest BCUT2D eigenvalue weighted by Gasteiger charge is -2.22. The van der Waals surface area contributed by atoms with Crippen molar-refractivity contribution in [3.05, 3.63) is 35.4 Å². The van der Waals surface area contributed by atoms with Gasteiger partial charge in [0.1, 0.15) is 11.6 Å². The van der Waals surface area contributed by atoms with Crippen molar-refractivity contribution >= 4 is 5.91 Å². The van der Waals surface area contributed by atoms with Crippen LogP contribution >= 0.6 is 0 Å². The zero-order chi connectivity index (χ0) is 13.7. The van der Waals surface area contributed by atoms with Crippen LogP contribution in [-0.2, 0) is 11.2 Å². The molecule has 1 aliphatic heterocycles. The van der Waals surface area contributed by atoms with E-state index >= 15 is 0 Å². The van der Waals surface area contributed by atoms with Gasteiger partial charge in [-0.15, -0.1) is 0 Å². The van der Waals surface area contributed by atoms with Gasteiger partial charge in [0.2, 0.25) is 5.91 Å². The molecule has 104 valence electrons. The molecular weight excluding hydrogens is 250 g/mol. The highest BCUT2D eigenvalue weighted by Crippen LogP contribution is 2.11. The van der Waals surface area contributed by atoms with Crippen LogP contribution in [0.5, 0.6) is 0 Å². The summed E-state index contributed by atoms with van der Waals surface area (Å²) in [4.78, 5) is 11.7. The number of hydrogen-bond acceptors (Lipinski definition) is 2. The Morgan fingerprint density at radius 1 is 1.42 bits per heavy atom. The minimum absolute atomic E-state index is 0.0493. The Labute approximate surface area is 111 Å². The largest absolute Gasteiger partial charge is 0.355 e. The second-order valence-corrected chi connectivity index (χ2v) is 4.93.